The number of halogens is 1. The molecule has 0 saturated carbocycles. The standard InChI is InChI=1S/C11H19FN4O3S/c1-8(12)5-15-11(14-2)16-6-9(19-3)4-10(7-16)20(13,17)18/h5,9-10H,2,4,6-7H2,1,3H3,(H2,13,17,18)/b8-5+,15-11?/t9-,10+/m1/s1. The highest BCUT2D eigenvalue weighted by molar-refractivity contribution is 7.89. The van der Waals surface area contributed by atoms with Gasteiger partial charge in [-0.05, 0) is 20.1 Å². The zero-order valence-corrected chi connectivity index (χ0v) is 12.3. The molecule has 0 amide bonds. The van der Waals surface area contributed by atoms with Crippen molar-refractivity contribution in [3.05, 3.63) is 12.0 Å². The molecule has 7 nitrogen and oxygen atoms in total. The number of nitrogens with two attached hydrogens (primary N) is 1. The molecule has 20 heavy (non-hydrogen) atoms. The monoisotopic (exact) mass is 306 g/mol. The number of hydrogen-bond donors (Lipinski definition) is 1. The van der Waals surface area contributed by atoms with Crippen LogP contribution in [0.5, 0.6) is 0 Å². The van der Waals surface area contributed by atoms with E-state index in [1.807, 2.05) is 0 Å². The van der Waals surface area contributed by atoms with Crippen LogP contribution in [0.4, 0.5) is 4.39 Å². The zero-order chi connectivity index (χ0) is 15.3. The Morgan fingerprint density at radius 2 is 2.20 bits per heavy atom. The smallest absolute Gasteiger partial charge is 0.224 e. The van der Waals surface area contributed by atoms with E-state index in [1.165, 1.54) is 14.0 Å². The quantitative estimate of drug-likeness (QED) is 0.597. The third-order valence-electron chi connectivity index (χ3n) is 2.95. The number of piperidine rings is 1. The molecule has 1 fully saturated rings. The molecule has 114 valence electrons. The lowest BCUT2D eigenvalue weighted by Gasteiger charge is -2.36. The minimum absolute atomic E-state index is 0.121. The van der Waals surface area contributed by atoms with Crippen LogP contribution >= 0.6 is 0 Å². The molecule has 0 bridgehead atoms. The number of likely N-dealkylation sites (tertiary alicyclic amines) is 1. The van der Waals surface area contributed by atoms with E-state index in [-0.39, 0.29) is 18.6 Å². The topological polar surface area (TPSA) is 97.3 Å². The normalized spacial score (nSPS) is 25.7. The van der Waals surface area contributed by atoms with Gasteiger partial charge in [-0.1, -0.05) is 0 Å². The van der Waals surface area contributed by atoms with Gasteiger partial charge in [-0.25, -0.2) is 27.9 Å². The van der Waals surface area contributed by atoms with E-state index in [2.05, 4.69) is 16.7 Å². The Kier molecular flexibility index (Phi) is 5.78. The molecule has 1 aliphatic rings. The van der Waals surface area contributed by atoms with E-state index >= 15 is 0 Å². The Bertz CT molecular complexity index is 514. The van der Waals surface area contributed by atoms with Gasteiger partial charge < -0.3 is 9.64 Å². The molecular formula is C11H19FN4O3S. The van der Waals surface area contributed by atoms with Gasteiger partial charge in [-0.15, -0.1) is 0 Å². The lowest BCUT2D eigenvalue weighted by atomic mass is 10.1. The fourth-order valence-electron chi connectivity index (χ4n) is 1.95. The van der Waals surface area contributed by atoms with Gasteiger partial charge in [-0.2, -0.15) is 0 Å². The van der Waals surface area contributed by atoms with Crippen LogP contribution in [0.2, 0.25) is 0 Å². The van der Waals surface area contributed by atoms with E-state index in [9.17, 15) is 12.8 Å². The number of guanidine groups is 1. The summed E-state index contributed by atoms with van der Waals surface area (Å²) in [7, 11) is -2.22. The van der Waals surface area contributed by atoms with E-state index in [4.69, 9.17) is 9.88 Å². The molecule has 0 spiro atoms. The average molecular weight is 306 g/mol. The molecule has 0 aromatic heterocycles. The number of allylic oxidation sites excluding steroid dienone is 1. The fourth-order valence-corrected chi connectivity index (χ4v) is 2.82. The maximum Gasteiger partial charge on any atom is 0.224 e. The largest absolute Gasteiger partial charge is 0.380 e. The Labute approximate surface area is 118 Å². The highest BCUT2D eigenvalue weighted by atomic mass is 32.2. The molecule has 1 rings (SSSR count). The van der Waals surface area contributed by atoms with E-state index in [1.54, 1.807) is 4.90 Å². The molecule has 9 heteroatoms. The van der Waals surface area contributed by atoms with Crippen molar-refractivity contribution in [1.82, 2.24) is 4.90 Å². The van der Waals surface area contributed by atoms with Gasteiger partial charge in [0.05, 0.1) is 17.6 Å². The average Bonchev–Trinajstić information content (AvgIpc) is 2.37. The number of rotatable bonds is 3. The second-order valence-corrected chi connectivity index (χ2v) is 6.36. The van der Waals surface area contributed by atoms with Crippen LogP contribution in [0.1, 0.15) is 13.3 Å². The fraction of sp³-hybridized carbons (Fsp3) is 0.636. The maximum atomic E-state index is 12.7. The predicted molar refractivity (Wildman–Crippen MR) is 75.7 cm³/mol. The first-order valence-corrected chi connectivity index (χ1v) is 7.55. The van der Waals surface area contributed by atoms with Crippen LogP contribution < -0.4 is 5.14 Å². The second-order valence-electron chi connectivity index (χ2n) is 4.51. The van der Waals surface area contributed by atoms with E-state index in [0.29, 0.717) is 13.0 Å². The highest BCUT2D eigenvalue weighted by Crippen LogP contribution is 2.18. The number of nitrogens with zero attached hydrogens (tertiary/aromatic N) is 3. The molecule has 2 atom stereocenters. The van der Waals surface area contributed by atoms with Crippen molar-refractivity contribution in [2.45, 2.75) is 24.7 Å². The third-order valence-corrected chi connectivity index (χ3v) is 4.22. The van der Waals surface area contributed by atoms with Crippen molar-refractivity contribution in [3.63, 3.8) is 0 Å². The van der Waals surface area contributed by atoms with Crippen molar-refractivity contribution in [3.8, 4) is 0 Å². The Morgan fingerprint density at radius 3 is 2.65 bits per heavy atom. The summed E-state index contributed by atoms with van der Waals surface area (Å²) >= 11 is 0. The SMILES string of the molecule is C=NC(=N/C=C(\C)F)N1C[C@H](OC)C[C@H](S(N)(=O)=O)C1. The van der Waals surface area contributed by atoms with Gasteiger partial charge in [0, 0.05) is 20.2 Å². The Balaban J connectivity index is 3.00. The van der Waals surface area contributed by atoms with Crippen molar-refractivity contribution < 1.29 is 17.5 Å². The first-order chi connectivity index (χ1) is 9.27. The molecule has 1 aliphatic heterocycles. The van der Waals surface area contributed by atoms with Crippen LogP contribution in [0, 0.1) is 0 Å². The first-order valence-electron chi connectivity index (χ1n) is 5.94. The van der Waals surface area contributed by atoms with Crippen LogP contribution in [0.3, 0.4) is 0 Å². The summed E-state index contributed by atoms with van der Waals surface area (Å²) in [6.07, 6.45) is 0.968. The van der Waals surface area contributed by atoms with Gasteiger partial charge in [-0.3, -0.25) is 0 Å². The van der Waals surface area contributed by atoms with E-state index in [0.717, 1.165) is 6.20 Å². The lowest BCUT2D eigenvalue weighted by Crippen LogP contribution is -2.52. The van der Waals surface area contributed by atoms with Gasteiger partial charge in [0.25, 0.3) is 0 Å². The Hall–Kier alpha value is -1.32. The van der Waals surface area contributed by atoms with Crippen LogP contribution in [-0.2, 0) is 14.8 Å². The maximum absolute atomic E-state index is 12.7. The molecule has 0 radical (unpaired) electrons. The summed E-state index contributed by atoms with van der Waals surface area (Å²) in [6.45, 7) is 5.11. The van der Waals surface area contributed by atoms with Crippen molar-refractivity contribution >= 4 is 22.7 Å². The van der Waals surface area contributed by atoms with Crippen LogP contribution in [0.25, 0.3) is 0 Å². The predicted octanol–water partition coefficient (Wildman–Crippen LogP) is 0.252. The zero-order valence-electron chi connectivity index (χ0n) is 11.5. The molecule has 0 aliphatic carbocycles. The number of aliphatic imine (C=N–C) groups is 2. The van der Waals surface area contributed by atoms with Crippen molar-refractivity contribution in [2.24, 2.45) is 15.1 Å². The summed E-state index contributed by atoms with van der Waals surface area (Å²) in [4.78, 5) is 9.10. The summed E-state index contributed by atoms with van der Waals surface area (Å²) in [5, 5.41) is 4.40. The summed E-state index contributed by atoms with van der Waals surface area (Å²) in [5.74, 6) is -0.355. The molecule has 0 unspecified atom stereocenters. The summed E-state index contributed by atoms with van der Waals surface area (Å²) < 4.78 is 40.9. The lowest BCUT2D eigenvalue weighted by molar-refractivity contribution is 0.0546. The van der Waals surface area contributed by atoms with Crippen molar-refractivity contribution in [2.75, 3.05) is 20.2 Å². The first kappa shape index (κ1) is 16.7. The molecule has 2 N–H and O–H groups in total. The van der Waals surface area contributed by atoms with Crippen LogP contribution in [0.15, 0.2) is 22.0 Å². The number of ether oxygens (including phenoxy) is 1. The third kappa shape index (κ3) is 4.66. The van der Waals surface area contributed by atoms with Crippen LogP contribution in [-0.4, -0.2) is 57.5 Å². The molecule has 1 heterocycles. The summed E-state index contributed by atoms with van der Waals surface area (Å²) in [6, 6.07) is 0. The molecule has 0 aromatic rings. The van der Waals surface area contributed by atoms with Gasteiger partial charge in [0.2, 0.25) is 16.0 Å². The van der Waals surface area contributed by atoms with E-state index < -0.39 is 21.1 Å². The Morgan fingerprint density at radius 1 is 1.55 bits per heavy atom. The minimum Gasteiger partial charge on any atom is -0.380 e. The number of hydrogen-bond acceptors (Lipinski definition) is 4. The molecular weight excluding hydrogens is 287 g/mol. The number of methoxy groups -OCH3 is 1. The highest BCUT2D eigenvalue weighted by Gasteiger charge is 2.34. The van der Waals surface area contributed by atoms with Gasteiger partial charge >= 0.3 is 0 Å². The number of sulfonamides is 1. The molecule has 1 saturated heterocycles. The van der Waals surface area contributed by atoms with Gasteiger partial charge in [0.1, 0.15) is 5.83 Å². The minimum atomic E-state index is -3.70. The van der Waals surface area contributed by atoms with Crippen molar-refractivity contribution in [1.29, 1.82) is 0 Å². The summed E-state index contributed by atoms with van der Waals surface area (Å²) in [5.41, 5.74) is 0. The van der Waals surface area contributed by atoms with Gasteiger partial charge in [0.15, 0.2) is 0 Å². The second kappa shape index (κ2) is 6.91. The molecule has 0 aromatic carbocycles. The number of primary sulfonamides is 1.